The first kappa shape index (κ1) is 28.9. The molecule has 196 valence electrons. The number of unbranched alkanes of at least 4 members (excludes halogenated alkanes) is 6. The minimum Gasteiger partial charge on any atom is -0.497 e. The Morgan fingerprint density at radius 2 is 1.50 bits per heavy atom. The van der Waals surface area contributed by atoms with Crippen molar-refractivity contribution in [1.82, 2.24) is 5.32 Å². The van der Waals surface area contributed by atoms with Crippen LogP contribution in [0.2, 0.25) is 0 Å². The lowest BCUT2D eigenvalue weighted by Gasteiger charge is -2.22. The first-order chi connectivity index (χ1) is 17.4. The molecule has 0 fully saturated rings. The monoisotopic (exact) mass is 496 g/mol. The molecule has 0 saturated heterocycles. The van der Waals surface area contributed by atoms with Gasteiger partial charge in [0.1, 0.15) is 11.8 Å². The van der Waals surface area contributed by atoms with E-state index in [4.69, 9.17) is 4.74 Å². The maximum atomic E-state index is 13.2. The third-order valence-corrected chi connectivity index (χ3v) is 6.22. The predicted molar refractivity (Wildman–Crippen MR) is 142 cm³/mol. The molecule has 0 unspecified atom stereocenters. The number of aliphatic carboxylic acids is 1. The highest BCUT2D eigenvalue weighted by Gasteiger charge is 2.27. The second kappa shape index (κ2) is 16.3. The van der Waals surface area contributed by atoms with Crippen LogP contribution in [0.3, 0.4) is 0 Å². The molecule has 0 aliphatic heterocycles. The van der Waals surface area contributed by atoms with Gasteiger partial charge in [0.2, 0.25) is 11.8 Å². The summed E-state index contributed by atoms with van der Waals surface area (Å²) in [5.41, 5.74) is 1.48. The molecule has 0 heterocycles. The number of benzene rings is 2. The highest BCUT2D eigenvalue weighted by molar-refractivity contribution is 5.98. The number of hydrogen-bond acceptors (Lipinski definition) is 4. The summed E-state index contributed by atoms with van der Waals surface area (Å²) in [4.78, 5) is 37.8. The second-order valence-corrected chi connectivity index (χ2v) is 9.17. The number of rotatable bonds is 17. The van der Waals surface area contributed by atoms with E-state index in [1.165, 1.54) is 19.3 Å². The van der Waals surface area contributed by atoms with Crippen LogP contribution in [-0.2, 0) is 20.8 Å². The lowest BCUT2D eigenvalue weighted by Crippen LogP contribution is -2.47. The zero-order valence-corrected chi connectivity index (χ0v) is 21.5. The van der Waals surface area contributed by atoms with Crippen molar-refractivity contribution in [1.29, 1.82) is 0 Å². The molecule has 0 spiro atoms. The fourth-order valence-electron chi connectivity index (χ4n) is 4.14. The molecule has 0 aliphatic carbocycles. The number of carbonyl (C=O) groups is 3. The molecule has 2 aromatic carbocycles. The first-order valence-electron chi connectivity index (χ1n) is 12.9. The van der Waals surface area contributed by atoms with E-state index in [0.717, 1.165) is 31.2 Å². The number of anilines is 1. The Hall–Kier alpha value is -3.35. The van der Waals surface area contributed by atoms with Crippen molar-refractivity contribution >= 4 is 23.5 Å². The summed E-state index contributed by atoms with van der Waals surface area (Å²) in [5.74, 6) is -1.77. The summed E-state index contributed by atoms with van der Waals surface area (Å²) < 4.78 is 5.16. The average molecular weight is 497 g/mol. The Morgan fingerprint density at radius 1 is 0.861 bits per heavy atom. The van der Waals surface area contributed by atoms with E-state index in [1.807, 2.05) is 30.3 Å². The van der Waals surface area contributed by atoms with Crippen LogP contribution in [0, 0.1) is 5.92 Å². The predicted octanol–water partition coefficient (Wildman–Crippen LogP) is 5.59. The highest BCUT2D eigenvalue weighted by Crippen LogP contribution is 2.18. The van der Waals surface area contributed by atoms with Crippen LogP contribution in [-0.4, -0.2) is 36.0 Å². The molecule has 7 nitrogen and oxygen atoms in total. The number of amides is 2. The molecule has 36 heavy (non-hydrogen) atoms. The molecule has 2 amide bonds. The number of carboxylic acid groups (broad SMARTS) is 1. The van der Waals surface area contributed by atoms with Crippen LogP contribution in [0.4, 0.5) is 5.69 Å². The normalized spacial score (nSPS) is 12.4. The minimum atomic E-state index is -1.01. The molecule has 0 aromatic heterocycles. The number of nitrogens with one attached hydrogen (secondary N) is 2. The lowest BCUT2D eigenvalue weighted by molar-refractivity contribution is -0.141. The van der Waals surface area contributed by atoms with Crippen molar-refractivity contribution in [2.24, 2.45) is 5.92 Å². The van der Waals surface area contributed by atoms with Crippen molar-refractivity contribution in [3.05, 3.63) is 60.2 Å². The standard InChI is InChI=1S/C29H40N2O5/c1-3-4-5-6-7-8-12-15-23(21-27(32)33)28(34)31-26(20-22-13-10-9-11-14-22)29(35)30-24-16-18-25(36-2)19-17-24/h9-11,13-14,16-19,23,26H,3-8,12,15,20-21H2,1-2H3,(H,30,35)(H,31,34)(H,32,33)/t23-,26+/m0/s1. The van der Waals surface area contributed by atoms with E-state index < -0.39 is 23.8 Å². The van der Waals surface area contributed by atoms with Gasteiger partial charge in [0.05, 0.1) is 13.5 Å². The number of carboxylic acids is 1. The molecular formula is C29H40N2O5. The molecule has 2 aromatic rings. The molecule has 3 N–H and O–H groups in total. The Labute approximate surface area is 214 Å². The van der Waals surface area contributed by atoms with E-state index in [2.05, 4.69) is 17.6 Å². The quantitative estimate of drug-likeness (QED) is 0.248. The molecule has 2 rings (SSSR count). The number of carbonyl (C=O) groups excluding carboxylic acids is 2. The van der Waals surface area contributed by atoms with Gasteiger partial charge in [0.25, 0.3) is 0 Å². The van der Waals surface area contributed by atoms with Crippen LogP contribution in [0.1, 0.15) is 70.3 Å². The molecule has 0 saturated carbocycles. The number of methoxy groups -OCH3 is 1. The van der Waals surface area contributed by atoms with Gasteiger partial charge in [-0.3, -0.25) is 14.4 Å². The third-order valence-electron chi connectivity index (χ3n) is 6.22. The van der Waals surface area contributed by atoms with Crippen LogP contribution in [0.25, 0.3) is 0 Å². The number of ether oxygens (including phenoxy) is 1. The van der Waals surface area contributed by atoms with Gasteiger partial charge in [-0.1, -0.05) is 82.2 Å². The maximum absolute atomic E-state index is 13.2. The van der Waals surface area contributed by atoms with Gasteiger partial charge in [-0.15, -0.1) is 0 Å². The summed E-state index contributed by atoms with van der Waals surface area (Å²) >= 11 is 0. The first-order valence-corrected chi connectivity index (χ1v) is 12.9. The summed E-state index contributed by atoms with van der Waals surface area (Å²) in [7, 11) is 1.57. The largest absolute Gasteiger partial charge is 0.497 e. The summed E-state index contributed by atoms with van der Waals surface area (Å²) in [6, 6.07) is 15.5. The third kappa shape index (κ3) is 10.9. The SMILES string of the molecule is CCCCCCCCC[C@@H](CC(=O)O)C(=O)N[C@H](Cc1ccccc1)C(=O)Nc1ccc(OC)cc1. The van der Waals surface area contributed by atoms with Crippen molar-refractivity contribution < 1.29 is 24.2 Å². The fourth-order valence-corrected chi connectivity index (χ4v) is 4.14. The van der Waals surface area contributed by atoms with Gasteiger partial charge in [-0.25, -0.2) is 0 Å². The van der Waals surface area contributed by atoms with Gasteiger partial charge in [0, 0.05) is 18.0 Å². The van der Waals surface area contributed by atoms with Gasteiger partial charge < -0.3 is 20.5 Å². The van der Waals surface area contributed by atoms with E-state index in [9.17, 15) is 19.5 Å². The lowest BCUT2D eigenvalue weighted by atomic mass is 9.95. The minimum absolute atomic E-state index is 0.250. The number of hydrogen-bond donors (Lipinski definition) is 3. The van der Waals surface area contributed by atoms with Crippen molar-refractivity contribution in [3.63, 3.8) is 0 Å². The topological polar surface area (TPSA) is 105 Å². The van der Waals surface area contributed by atoms with Crippen molar-refractivity contribution in [2.45, 2.75) is 77.2 Å². The molecule has 0 radical (unpaired) electrons. The van der Waals surface area contributed by atoms with Crippen LogP contribution in [0.15, 0.2) is 54.6 Å². The van der Waals surface area contributed by atoms with E-state index in [1.54, 1.807) is 31.4 Å². The Balaban J connectivity index is 2.05. The average Bonchev–Trinajstić information content (AvgIpc) is 2.87. The molecule has 0 aliphatic rings. The van der Waals surface area contributed by atoms with Crippen molar-refractivity contribution in [2.75, 3.05) is 12.4 Å². The van der Waals surface area contributed by atoms with Crippen LogP contribution < -0.4 is 15.4 Å². The highest BCUT2D eigenvalue weighted by atomic mass is 16.5. The maximum Gasteiger partial charge on any atom is 0.304 e. The smallest absolute Gasteiger partial charge is 0.304 e. The molecule has 0 bridgehead atoms. The van der Waals surface area contributed by atoms with Gasteiger partial charge >= 0.3 is 5.97 Å². The second-order valence-electron chi connectivity index (χ2n) is 9.17. The fraction of sp³-hybridized carbons (Fsp3) is 0.483. The van der Waals surface area contributed by atoms with Crippen LogP contribution >= 0.6 is 0 Å². The van der Waals surface area contributed by atoms with E-state index in [0.29, 0.717) is 24.3 Å². The van der Waals surface area contributed by atoms with Gasteiger partial charge in [0.15, 0.2) is 0 Å². The molecular weight excluding hydrogens is 456 g/mol. The zero-order chi connectivity index (χ0) is 26.2. The summed E-state index contributed by atoms with van der Waals surface area (Å²) in [6.45, 7) is 2.18. The van der Waals surface area contributed by atoms with Gasteiger partial charge in [-0.05, 0) is 36.2 Å². The Kier molecular flexibility index (Phi) is 13.1. The summed E-state index contributed by atoms with van der Waals surface area (Å²) in [5, 5.41) is 15.1. The Morgan fingerprint density at radius 3 is 2.11 bits per heavy atom. The molecule has 2 atom stereocenters. The van der Waals surface area contributed by atoms with Gasteiger partial charge in [-0.2, -0.15) is 0 Å². The van der Waals surface area contributed by atoms with Crippen LogP contribution in [0.5, 0.6) is 5.75 Å². The Bertz CT molecular complexity index is 930. The summed E-state index contributed by atoms with van der Waals surface area (Å²) in [6.07, 6.45) is 8.17. The van der Waals surface area contributed by atoms with E-state index >= 15 is 0 Å². The molecule has 7 heteroatoms. The zero-order valence-electron chi connectivity index (χ0n) is 21.5. The van der Waals surface area contributed by atoms with Crippen molar-refractivity contribution in [3.8, 4) is 5.75 Å². The van der Waals surface area contributed by atoms with E-state index in [-0.39, 0.29) is 12.3 Å².